The van der Waals surface area contributed by atoms with Crippen LogP contribution in [0.15, 0.2) is 16.7 Å². The molecule has 0 aliphatic carbocycles. The lowest BCUT2D eigenvalue weighted by Gasteiger charge is -2.27. The van der Waals surface area contributed by atoms with Gasteiger partial charge in [0.2, 0.25) is 0 Å². The van der Waals surface area contributed by atoms with E-state index in [0.717, 1.165) is 27.9 Å². The first-order valence-corrected chi connectivity index (χ1v) is 8.06. The van der Waals surface area contributed by atoms with Crippen LogP contribution in [-0.4, -0.2) is 40.5 Å². The van der Waals surface area contributed by atoms with E-state index in [1.165, 1.54) is 0 Å². The van der Waals surface area contributed by atoms with E-state index in [4.69, 9.17) is 21.1 Å². The Labute approximate surface area is 136 Å². The maximum absolute atomic E-state index is 6.30. The predicted octanol–water partition coefficient (Wildman–Crippen LogP) is 3.30. The third-order valence-corrected chi connectivity index (χ3v) is 4.51. The van der Waals surface area contributed by atoms with E-state index in [9.17, 15) is 0 Å². The molecule has 7 heteroatoms. The minimum Gasteiger partial charge on any atom is -0.378 e. The smallest absolute Gasteiger partial charge is 0.160 e. The number of halogens is 2. The van der Waals surface area contributed by atoms with Crippen molar-refractivity contribution < 1.29 is 9.47 Å². The Hall–Kier alpha value is -0.690. The van der Waals surface area contributed by atoms with Gasteiger partial charge in [0.15, 0.2) is 5.65 Å². The van der Waals surface area contributed by atoms with Crippen molar-refractivity contribution in [1.82, 2.24) is 14.5 Å². The van der Waals surface area contributed by atoms with Crippen LogP contribution >= 0.6 is 27.5 Å². The molecular weight excluding hydrogens is 358 g/mol. The summed E-state index contributed by atoms with van der Waals surface area (Å²) in [5.41, 5.74) is 1.32. The monoisotopic (exact) mass is 373 g/mol. The second-order valence-corrected chi connectivity index (χ2v) is 6.93. The molecule has 114 valence electrons. The van der Waals surface area contributed by atoms with Crippen LogP contribution in [0.25, 0.3) is 11.2 Å². The quantitative estimate of drug-likeness (QED) is 0.771. The highest BCUT2D eigenvalue weighted by Gasteiger charge is 2.37. The van der Waals surface area contributed by atoms with Crippen molar-refractivity contribution >= 4 is 38.7 Å². The van der Waals surface area contributed by atoms with Gasteiger partial charge in [-0.1, -0.05) is 0 Å². The summed E-state index contributed by atoms with van der Waals surface area (Å²) in [5.74, 6) is 0.806. The average molecular weight is 375 g/mol. The number of hydrogen-bond donors (Lipinski definition) is 0. The van der Waals surface area contributed by atoms with Gasteiger partial charge < -0.3 is 14.0 Å². The number of ether oxygens (including phenoxy) is 2. The molecule has 0 spiro atoms. The molecule has 0 saturated carbocycles. The Morgan fingerprint density at radius 3 is 3.05 bits per heavy atom. The van der Waals surface area contributed by atoms with Gasteiger partial charge in [0.25, 0.3) is 0 Å². The summed E-state index contributed by atoms with van der Waals surface area (Å²) in [6.07, 6.45) is 2.63. The fourth-order valence-corrected chi connectivity index (χ4v) is 3.18. The molecule has 5 nitrogen and oxygen atoms in total. The van der Waals surface area contributed by atoms with E-state index >= 15 is 0 Å². The first kappa shape index (κ1) is 15.2. The van der Waals surface area contributed by atoms with Crippen LogP contribution in [0.2, 0.25) is 0 Å². The zero-order valence-corrected chi connectivity index (χ0v) is 14.3. The van der Waals surface area contributed by atoms with Crippen LogP contribution < -0.4 is 0 Å². The second kappa shape index (κ2) is 5.83. The summed E-state index contributed by atoms with van der Waals surface area (Å²) in [6, 6.07) is 1.95. The van der Waals surface area contributed by atoms with Crippen LogP contribution in [0.4, 0.5) is 0 Å². The zero-order valence-electron chi connectivity index (χ0n) is 12.0. The summed E-state index contributed by atoms with van der Waals surface area (Å²) in [5, 5.41) is -0.200. The molecule has 1 fully saturated rings. The van der Waals surface area contributed by atoms with Gasteiger partial charge >= 0.3 is 0 Å². The van der Waals surface area contributed by atoms with Crippen LogP contribution in [0, 0.1) is 0 Å². The molecule has 0 bridgehead atoms. The molecule has 2 unspecified atom stereocenters. The van der Waals surface area contributed by atoms with Crippen molar-refractivity contribution in [2.75, 3.05) is 20.3 Å². The molecule has 1 aliphatic rings. The maximum atomic E-state index is 6.30. The molecule has 1 saturated heterocycles. The maximum Gasteiger partial charge on any atom is 0.160 e. The highest BCUT2D eigenvalue weighted by atomic mass is 79.9. The van der Waals surface area contributed by atoms with E-state index in [2.05, 4.69) is 30.5 Å². The van der Waals surface area contributed by atoms with Gasteiger partial charge in [-0.15, -0.1) is 11.6 Å². The summed E-state index contributed by atoms with van der Waals surface area (Å²) in [7, 11) is 1.72. The first-order chi connectivity index (χ1) is 10.0. The van der Waals surface area contributed by atoms with E-state index < -0.39 is 0 Å². The van der Waals surface area contributed by atoms with Gasteiger partial charge in [-0.05, 0) is 28.9 Å². The van der Waals surface area contributed by atoms with Gasteiger partial charge in [0.05, 0.1) is 18.5 Å². The van der Waals surface area contributed by atoms with E-state index in [-0.39, 0.29) is 11.0 Å². The molecule has 0 radical (unpaired) electrons. The lowest BCUT2D eigenvalue weighted by atomic mass is 10.0. The number of alkyl halides is 1. The van der Waals surface area contributed by atoms with Gasteiger partial charge in [-0.3, -0.25) is 0 Å². The van der Waals surface area contributed by atoms with Crippen molar-refractivity contribution in [3.05, 3.63) is 22.6 Å². The third kappa shape index (κ3) is 2.82. The van der Waals surface area contributed by atoms with Crippen molar-refractivity contribution in [3.8, 4) is 0 Å². The van der Waals surface area contributed by atoms with E-state index in [1.54, 1.807) is 13.3 Å². The predicted molar refractivity (Wildman–Crippen MR) is 84.7 cm³/mol. The average Bonchev–Trinajstić information content (AvgIpc) is 3.05. The fourth-order valence-electron chi connectivity index (χ4n) is 2.69. The zero-order chi connectivity index (χ0) is 15.0. The molecule has 3 rings (SSSR count). The van der Waals surface area contributed by atoms with E-state index in [0.29, 0.717) is 19.8 Å². The van der Waals surface area contributed by atoms with Crippen molar-refractivity contribution in [2.45, 2.75) is 30.9 Å². The van der Waals surface area contributed by atoms with E-state index in [1.807, 2.05) is 13.0 Å². The number of fused-ring (bicyclic) bond motifs is 1. The Morgan fingerprint density at radius 1 is 1.62 bits per heavy atom. The first-order valence-electron chi connectivity index (χ1n) is 6.83. The molecule has 2 atom stereocenters. The summed E-state index contributed by atoms with van der Waals surface area (Å²) in [4.78, 5) is 9.11. The number of aromatic nitrogens is 3. The topological polar surface area (TPSA) is 49.2 Å². The molecule has 0 aromatic carbocycles. The number of methoxy groups -OCH3 is 1. The summed E-state index contributed by atoms with van der Waals surface area (Å²) < 4.78 is 14.2. The molecular formula is C14H17BrClN3O2. The van der Waals surface area contributed by atoms with Crippen molar-refractivity contribution in [1.29, 1.82) is 0 Å². The SMILES string of the molecule is COC1(Cn2c(C(C)Cl)nc3cc(Br)cnc32)CCOC1. The Kier molecular flexibility index (Phi) is 4.23. The van der Waals surface area contributed by atoms with Crippen molar-refractivity contribution in [3.63, 3.8) is 0 Å². The minimum absolute atomic E-state index is 0.200. The van der Waals surface area contributed by atoms with Crippen molar-refractivity contribution in [2.24, 2.45) is 0 Å². The van der Waals surface area contributed by atoms with Gasteiger partial charge in [0.1, 0.15) is 16.9 Å². The molecule has 2 aromatic heterocycles. The largest absolute Gasteiger partial charge is 0.378 e. The molecule has 2 aromatic rings. The molecule has 1 aliphatic heterocycles. The van der Waals surface area contributed by atoms with Crippen LogP contribution in [0.3, 0.4) is 0 Å². The molecule has 0 amide bonds. The van der Waals surface area contributed by atoms with Crippen LogP contribution in [0.5, 0.6) is 0 Å². The summed E-state index contributed by atoms with van der Waals surface area (Å²) in [6.45, 7) is 3.85. The highest BCUT2D eigenvalue weighted by molar-refractivity contribution is 9.10. The molecule has 0 N–H and O–H groups in total. The lowest BCUT2D eigenvalue weighted by Crippen LogP contribution is -2.37. The number of hydrogen-bond acceptors (Lipinski definition) is 4. The van der Waals surface area contributed by atoms with Crippen LogP contribution in [-0.2, 0) is 16.0 Å². The number of rotatable bonds is 4. The lowest BCUT2D eigenvalue weighted by molar-refractivity contribution is -0.0293. The minimum atomic E-state index is -0.330. The molecule has 21 heavy (non-hydrogen) atoms. The normalized spacial score (nSPS) is 23.8. The highest BCUT2D eigenvalue weighted by Crippen LogP contribution is 2.30. The second-order valence-electron chi connectivity index (χ2n) is 5.36. The van der Waals surface area contributed by atoms with Gasteiger partial charge in [-0.25, -0.2) is 9.97 Å². The van der Waals surface area contributed by atoms with Gasteiger partial charge in [0, 0.05) is 30.8 Å². The Balaban J connectivity index is 2.09. The Morgan fingerprint density at radius 2 is 2.43 bits per heavy atom. The Bertz CT molecular complexity index is 653. The number of nitrogens with zero attached hydrogens (tertiary/aromatic N) is 3. The third-order valence-electron chi connectivity index (χ3n) is 3.88. The fraction of sp³-hybridized carbons (Fsp3) is 0.571. The standard InChI is InChI=1S/C14H17BrClN3O2/c1-9(16)12-18-11-5-10(15)6-17-13(11)19(12)7-14(20-2)3-4-21-8-14/h5-6,9H,3-4,7-8H2,1-2H3. The number of imidazole rings is 1. The van der Waals surface area contributed by atoms with Gasteiger partial charge in [-0.2, -0.15) is 0 Å². The molecule has 3 heterocycles. The summed E-state index contributed by atoms with van der Waals surface area (Å²) >= 11 is 9.72. The van der Waals surface area contributed by atoms with Crippen LogP contribution in [0.1, 0.15) is 24.5 Å². The number of pyridine rings is 1.